The standard InChI is InChI=1S/C24H46NO10P/c1-3-5-7-8-9-10-11-12-13-14-16-23(28)33-17-20(26)18-34-36(31,32)35-19-21(24(29)30)25-22(27)15-6-4-2/h20-21,26H,3-19H2,1-2H3,(H,25,27)(H,29,30)(H,31,32). The van der Waals surface area contributed by atoms with E-state index in [1.807, 2.05) is 6.92 Å². The molecule has 0 aromatic rings. The number of hydrogen-bond acceptors (Lipinski definition) is 8. The Kier molecular flexibility index (Phi) is 20.6. The van der Waals surface area contributed by atoms with Crippen molar-refractivity contribution in [2.24, 2.45) is 0 Å². The molecule has 3 unspecified atom stereocenters. The maximum atomic E-state index is 11.9. The van der Waals surface area contributed by atoms with E-state index in [0.717, 1.165) is 25.7 Å². The van der Waals surface area contributed by atoms with Crippen LogP contribution in [0.5, 0.6) is 0 Å². The van der Waals surface area contributed by atoms with Crippen molar-refractivity contribution in [2.45, 2.75) is 116 Å². The molecule has 1 amide bonds. The van der Waals surface area contributed by atoms with Gasteiger partial charge in [0.15, 0.2) is 6.04 Å². The molecule has 36 heavy (non-hydrogen) atoms. The summed E-state index contributed by atoms with van der Waals surface area (Å²) in [5.41, 5.74) is 0. The van der Waals surface area contributed by atoms with E-state index in [9.17, 15) is 28.9 Å². The first-order valence-corrected chi connectivity index (χ1v) is 14.6. The van der Waals surface area contributed by atoms with E-state index >= 15 is 0 Å². The summed E-state index contributed by atoms with van der Waals surface area (Å²) in [5.74, 6) is -2.43. The number of aliphatic carboxylic acids is 1. The maximum Gasteiger partial charge on any atom is 0.472 e. The summed E-state index contributed by atoms with van der Waals surface area (Å²) in [5, 5.41) is 21.2. The molecule has 3 atom stereocenters. The lowest BCUT2D eigenvalue weighted by Gasteiger charge is -2.18. The third kappa shape index (κ3) is 20.7. The number of rotatable bonds is 24. The fourth-order valence-corrected chi connectivity index (χ4v) is 4.00. The number of carboxylic acid groups (broad SMARTS) is 1. The summed E-state index contributed by atoms with van der Waals surface area (Å²) in [4.78, 5) is 44.4. The van der Waals surface area contributed by atoms with E-state index in [1.165, 1.54) is 38.5 Å². The second kappa shape index (κ2) is 21.6. The van der Waals surface area contributed by atoms with Crippen LogP contribution < -0.4 is 5.32 Å². The molecule has 12 heteroatoms. The normalized spacial score (nSPS) is 14.6. The van der Waals surface area contributed by atoms with Crippen molar-refractivity contribution in [1.29, 1.82) is 0 Å². The molecule has 0 rings (SSSR count). The van der Waals surface area contributed by atoms with Gasteiger partial charge in [0.1, 0.15) is 12.7 Å². The van der Waals surface area contributed by atoms with E-state index < -0.39 is 57.6 Å². The third-order valence-electron chi connectivity index (χ3n) is 5.40. The number of phosphoric ester groups is 1. The molecule has 0 radical (unpaired) electrons. The Morgan fingerprint density at radius 1 is 0.778 bits per heavy atom. The minimum absolute atomic E-state index is 0.123. The van der Waals surface area contributed by atoms with Gasteiger partial charge in [0, 0.05) is 12.8 Å². The Morgan fingerprint density at radius 3 is 1.86 bits per heavy atom. The number of esters is 1. The van der Waals surface area contributed by atoms with Gasteiger partial charge < -0.3 is 25.2 Å². The van der Waals surface area contributed by atoms with Gasteiger partial charge in [-0.15, -0.1) is 0 Å². The summed E-state index contributed by atoms with van der Waals surface area (Å²) in [7, 11) is -4.71. The van der Waals surface area contributed by atoms with Crippen LogP contribution in [0, 0.1) is 0 Å². The van der Waals surface area contributed by atoms with E-state index in [1.54, 1.807) is 0 Å². The van der Waals surface area contributed by atoms with Crippen LogP contribution in [0.25, 0.3) is 0 Å². The number of hydrogen-bond donors (Lipinski definition) is 4. The first kappa shape index (κ1) is 34.5. The monoisotopic (exact) mass is 539 g/mol. The Morgan fingerprint density at radius 2 is 1.31 bits per heavy atom. The lowest BCUT2D eigenvalue weighted by Crippen LogP contribution is -2.43. The zero-order valence-corrected chi connectivity index (χ0v) is 22.7. The van der Waals surface area contributed by atoms with Crippen molar-refractivity contribution in [3.05, 3.63) is 0 Å². The highest BCUT2D eigenvalue weighted by molar-refractivity contribution is 7.47. The number of carbonyl (C=O) groups is 3. The minimum Gasteiger partial charge on any atom is -0.480 e. The summed E-state index contributed by atoms with van der Waals surface area (Å²) in [6, 6.07) is -1.53. The molecule has 0 aliphatic carbocycles. The summed E-state index contributed by atoms with van der Waals surface area (Å²) in [6.07, 6.45) is 11.7. The molecule has 212 valence electrons. The van der Waals surface area contributed by atoms with Gasteiger partial charge in [-0.25, -0.2) is 9.36 Å². The fourth-order valence-electron chi connectivity index (χ4n) is 3.23. The van der Waals surface area contributed by atoms with Crippen LogP contribution in [-0.4, -0.2) is 64.9 Å². The van der Waals surface area contributed by atoms with Gasteiger partial charge in [-0.2, -0.15) is 0 Å². The predicted molar refractivity (Wildman–Crippen MR) is 134 cm³/mol. The largest absolute Gasteiger partial charge is 0.480 e. The highest BCUT2D eigenvalue weighted by atomic mass is 31.2. The first-order chi connectivity index (χ1) is 17.1. The number of carbonyl (C=O) groups excluding carboxylic acids is 2. The van der Waals surface area contributed by atoms with Crippen LogP contribution in [0.15, 0.2) is 0 Å². The highest BCUT2D eigenvalue weighted by Gasteiger charge is 2.28. The lowest BCUT2D eigenvalue weighted by molar-refractivity contribution is -0.147. The van der Waals surface area contributed by atoms with Gasteiger partial charge in [-0.3, -0.25) is 18.6 Å². The predicted octanol–water partition coefficient (Wildman–Crippen LogP) is 4.09. The lowest BCUT2D eigenvalue weighted by atomic mass is 10.1. The van der Waals surface area contributed by atoms with Gasteiger partial charge in [-0.1, -0.05) is 78.1 Å². The number of phosphoric acid groups is 1. The molecule has 0 fully saturated rings. The highest BCUT2D eigenvalue weighted by Crippen LogP contribution is 2.43. The molecule has 0 aliphatic heterocycles. The molecular formula is C24H46NO10P. The second-order valence-corrected chi connectivity index (χ2v) is 10.3. The fraction of sp³-hybridized carbons (Fsp3) is 0.875. The van der Waals surface area contributed by atoms with Gasteiger partial charge in [-0.05, 0) is 12.8 Å². The summed E-state index contributed by atoms with van der Waals surface area (Å²) >= 11 is 0. The first-order valence-electron chi connectivity index (χ1n) is 13.1. The van der Waals surface area contributed by atoms with Crippen molar-refractivity contribution >= 4 is 25.7 Å². The van der Waals surface area contributed by atoms with Crippen LogP contribution in [0.3, 0.4) is 0 Å². The van der Waals surface area contributed by atoms with Gasteiger partial charge >= 0.3 is 19.8 Å². The second-order valence-electron chi connectivity index (χ2n) is 8.89. The molecule has 4 N–H and O–H groups in total. The smallest absolute Gasteiger partial charge is 0.472 e. The molecule has 0 aromatic heterocycles. The minimum atomic E-state index is -4.71. The molecule has 0 spiro atoms. The van der Waals surface area contributed by atoms with E-state index in [4.69, 9.17) is 9.84 Å². The number of ether oxygens (including phenoxy) is 1. The van der Waals surface area contributed by atoms with Gasteiger partial charge in [0.25, 0.3) is 0 Å². The molecule has 0 saturated heterocycles. The van der Waals surface area contributed by atoms with E-state index in [2.05, 4.69) is 21.3 Å². The number of aliphatic hydroxyl groups excluding tert-OH is 1. The van der Waals surface area contributed by atoms with E-state index in [0.29, 0.717) is 12.8 Å². The summed E-state index contributed by atoms with van der Waals surface area (Å²) < 4.78 is 26.2. The Bertz CT molecular complexity index is 661. The Labute approximate surface area is 214 Å². The molecule has 0 saturated carbocycles. The van der Waals surface area contributed by atoms with Crippen molar-refractivity contribution in [2.75, 3.05) is 19.8 Å². The quantitative estimate of drug-likeness (QED) is 0.0796. The number of aliphatic hydroxyl groups is 1. The van der Waals surface area contributed by atoms with Crippen LogP contribution in [0.4, 0.5) is 0 Å². The maximum absolute atomic E-state index is 11.9. The van der Waals surface area contributed by atoms with Crippen molar-refractivity contribution in [1.82, 2.24) is 5.32 Å². The Balaban J connectivity index is 4.00. The van der Waals surface area contributed by atoms with Crippen LogP contribution in [0.2, 0.25) is 0 Å². The van der Waals surface area contributed by atoms with Crippen molar-refractivity contribution in [3.8, 4) is 0 Å². The topological polar surface area (TPSA) is 169 Å². The molecule has 0 aliphatic rings. The van der Waals surface area contributed by atoms with Gasteiger partial charge in [0.05, 0.1) is 13.2 Å². The number of unbranched alkanes of at least 4 members (excludes halogenated alkanes) is 10. The Hall–Kier alpha value is -1.52. The summed E-state index contributed by atoms with van der Waals surface area (Å²) in [6.45, 7) is 2.19. The van der Waals surface area contributed by atoms with E-state index in [-0.39, 0.29) is 12.8 Å². The van der Waals surface area contributed by atoms with Gasteiger partial charge in [0.2, 0.25) is 5.91 Å². The zero-order chi connectivity index (χ0) is 27.2. The average molecular weight is 540 g/mol. The van der Waals surface area contributed by atoms with Crippen molar-refractivity contribution in [3.63, 3.8) is 0 Å². The molecule has 0 bridgehead atoms. The zero-order valence-electron chi connectivity index (χ0n) is 21.8. The molecule has 11 nitrogen and oxygen atoms in total. The van der Waals surface area contributed by atoms with Crippen LogP contribution >= 0.6 is 7.82 Å². The van der Waals surface area contributed by atoms with Crippen LogP contribution in [-0.2, 0) is 32.7 Å². The molecular weight excluding hydrogens is 493 g/mol. The van der Waals surface area contributed by atoms with Crippen molar-refractivity contribution < 1.29 is 47.8 Å². The van der Waals surface area contributed by atoms with Crippen LogP contribution in [0.1, 0.15) is 104 Å². The molecule has 0 heterocycles. The average Bonchev–Trinajstić information content (AvgIpc) is 2.83. The molecule has 0 aromatic carbocycles. The number of amides is 1. The number of nitrogens with one attached hydrogen (secondary N) is 1. The SMILES string of the molecule is CCCCCCCCCCCCC(=O)OCC(O)COP(=O)(O)OCC(NC(=O)CCCC)C(=O)O. The third-order valence-corrected chi connectivity index (χ3v) is 6.35. The number of carboxylic acids is 1.